The lowest BCUT2D eigenvalue weighted by Crippen LogP contribution is -2.52. The van der Waals surface area contributed by atoms with E-state index >= 15 is 0 Å². The smallest absolute Gasteiger partial charge is 0.269 e. The van der Waals surface area contributed by atoms with Crippen LogP contribution in [0.1, 0.15) is 18.9 Å². The number of nitrogens with two attached hydrogens (primary N) is 1. The molecule has 182 valence electrons. The maximum atomic E-state index is 13.2. The number of carbonyl (C=O) groups is 1. The second-order valence-electron chi connectivity index (χ2n) is 8.16. The number of piperazine rings is 1. The molecule has 1 aliphatic rings. The normalized spacial score (nSPS) is 14.5. The average Bonchev–Trinajstić information content (AvgIpc) is 3.24. The number of aromatic amines is 1. The zero-order valence-corrected chi connectivity index (χ0v) is 19.9. The van der Waals surface area contributed by atoms with Crippen LogP contribution in [-0.4, -0.2) is 59.5 Å². The van der Waals surface area contributed by atoms with E-state index in [1.54, 1.807) is 12.1 Å². The van der Waals surface area contributed by atoms with Crippen LogP contribution in [-0.2, 0) is 11.2 Å². The molecule has 2 aromatic carbocycles. The third kappa shape index (κ3) is 5.43. The molecule has 1 aliphatic heterocycles. The Morgan fingerprint density at radius 3 is 2.50 bits per heavy atom. The third-order valence-electron chi connectivity index (χ3n) is 6.09. The first-order chi connectivity index (χ1) is 16.0. The van der Waals surface area contributed by atoms with E-state index in [4.69, 9.17) is 10.5 Å². The number of fused-ring (bicyclic) bond motifs is 1. The van der Waals surface area contributed by atoms with Crippen molar-refractivity contribution in [3.63, 3.8) is 0 Å². The van der Waals surface area contributed by atoms with Gasteiger partial charge in [-0.15, -0.1) is 12.4 Å². The van der Waals surface area contributed by atoms with E-state index < -0.39 is 11.0 Å². The molecule has 0 spiro atoms. The second kappa shape index (κ2) is 11.2. The SMILES string of the molecule is CCC(Oc1ccc2[nH]cc(CCN)c2c1)C(=O)N1CCN(c2ccc([N+](=O)[O-])cc2)CC1.Cl. The van der Waals surface area contributed by atoms with Crippen molar-refractivity contribution in [1.29, 1.82) is 0 Å². The van der Waals surface area contributed by atoms with Gasteiger partial charge in [0.2, 0.25) is 0 Å². The van der Waals surface area contributed by atoms with Gasteiger partial charge in [0.15, 0.2) is 6.10 Å². The molecular weight excluding hydrogens is 458 g/mol. The van der Waals surface area contributed by atoms with Gasteiger partial charge in [0.1, 0.15) is 5.75 Å². The maximum Gasteiger partial charge on any atom is 0.269 e. The summed E-state index contributed by atoms with van der Waals surface area (Å²) >= 11 is 0. The van der Waals surface area contributed by atoms with E-state index in [1.807, 2.05) is 36.2 Å². The van der Waals surface area contributed by atoms with Crippen LogP contribution in [0.25, 0.3) is 10.9 Å². The summed E-state index contributed by atoms with van der Waals surface area (Å²) in [7, 11) is 0. The van der Waals surface area contributed by atoms with E-state index in [1.165, 1.54) is 12.1 Å². The number of ether oxygens (including phenoxy) is 1. The summed E-state index contributed by atoms with van der Waals surface area (Å²) in [5.41, 5.74) is 8.87. The quantitative estimate of drug-likeness (QED) is 0.371. The Morgan fingerprint density at radius 1 is 1.18 bits per heavy atom. The molecular formula is C24H30ClN5O4. The number of nitro benzene ring substituents is 1. The van der Waals surface area contributed by atoms with E-state index in [0.29, 0.717) is 44.9 Å². The van der Waals surface area contributed by atoms with Gasteiger partial charge in [-0.1, -0.05) is 6.92 Å². The number of benzene rings is 2. The number of carbonyl (C=O) groups excluding carboxylic acids is 1. The summed E-state index contributed by atoms with van der Waals surface area (Å²) < 4.78 is 6.12. The molecule has 1 aromatic heterocycles. The van der Waals surface area contributed by atoms with Crippen LogP contribution in [0.5, 0.6) is 5.75 Å². The molecule has 1 fully saturated rings. The van der Waals surface area contributed by atoms with E-state index in [-0.39, 0.29) is 24.0 Å². The van der Waals surface area contributed by atoms with Crippen molar-refractivity contribution in [3.05, 3.63) is 64.3 Å². The maximum absolute atomic E-state index is 13.2. The summed E-state index contributed by atoms with van der Waals surface area (Å²) in [6.07, 6.45) is 2.76. The summed E-state index contributed by atoms with van der Waals surface area (Å²) in [5.74, 6) is 0.655. The molecule has 3 aromatic rings. The predicted octanol–water partition coefficient (Wildman–Crippen LogP) is 3.51. The highest BCUT2D eigenvalue weighted by molar-refractivity contribution is 5.86. The third-order valence-corrected chi connectivity index (χ3v) is 6.09. The Kier molecular flexibility index (Phi) is 8.36. The summed E-state index contributed by atoms with van der Waals surface area (Å²) in [6, 6.07) is 12.3. The van der Waals surface area contributed by atoms with Crippen molar-refractivity contribution in [3.8, 4) is 5.75 Å². The number of halogens is 1. The van der Waals surface area contributed by atoms with Crippen LogP contribution in [0, 0.1) is 10.1 Å². The minimum Gasteiger partial charge on any atom is -0.481 e. The van der Waals surface area contributed by atoms with Crippen LogP contribution in [0.4, 0.5) is 11.4 Å². The predicted molar refractivity (Wildman–Crippen MR) is 135 cm³/mol. The van der Waals surface area contributed by atoms with Crippen molar-refractivity contribution in [2.75, 3.05) is 37.6 Å². The van der Waals surface area contributed by atoms with Crippen molar-refractivity contribution in [1.82, 2.24) is 9.88 Å². The molecule has 9 nitrogen and oxygen atoms in total. The van der Waals surface area contributed by atoms with Crippen LogP contribution in [0.3, 0.4) is 0 Å². The van der Waals surface area contributed by atoms with Crippen molar-refractivity contribution in [2.45, 2.75) is 25.9 Å². The number of hydrogen-bond donors (Lipinski definition) is 2. The minimum absolute atomic E-state index is 0. The fourth-order valence-corrected chi connectivity index (χ4v) is 4.24. The molecule has 0 radical (unpaired) electrons. The van der Waals surface area contributed by atoms with Gasteiger partial charge in [-0.05, 0) is 55.3 Å². The Hall–Kier alpha value is -3.30. The van der Waals surface area contributed by atoms with Crippen molar-refractivity contribution < 1.29 is 14.5 Å². The first-order valence-corrected chi connectivity index (χ1v) is 11.2. The molecule has 1 atom stereocenters. The lowest BCUT2D eigenvalue weighted by molar-refractivity contribution is -0.384. The van der Waals surface area contributed by atoms with Crippen LogP contribution < -0.4 is 15.4 Å². The van der Waals surface area contributed by atoms with Crippen LogP contribution in [0.2, 0.25) is 0 Å². The molecule has 0 aliphatic carbocycles. The fourth-order valence-electron chi connectivity index (χ4n) is 4.24. The number of aromatic nitrogens is 1. The molecule has 10 heteroatoms. The standard InChI is InChI=1S/C24H29N5O4.ClH/c1-2-23(33-20-7-8-22-21(15-20)17(9-10-25)16-26-22)24(30)28-13-11-27(12-14-28)18-3-5-19(6-4-18)29(31)32;/h3-8,15-16,23,26H,2,9-14,25H2,1H3;1H. The number of amides is 1. The molecule has 1 saturated heterocycles. The Balaban J connectivity index is 0.00000324. The molecule has 4 rings (SSSR count). The average molecular weight is 488 g/mol. The number of nitro groups is 1. The summed E-state index contributed by atoms with van der Waals surface area (Å²) in [4.78, 5) is 30.8. The molecule has 1 unspecified atom stereocenters. The van der Waals surface area contributed by atoms with Gasteiger partial charge in [-0.2, -0.15) is 0 Å². The molecule has 3 N–H and O–H groups in total. The lowest BCUT2D eigenvalue weighted by atomic mass is 10.1. The molecule has 1 amide bonds. The minimum atomic E-state index is -0.551. The molecule has 0 bridgehead atoms. The Labute approximate surface area is 204 Å². The van der Waals surface area contributed by atoms with Gasteiger partial charge in [0.25, 0.3) is 11.6 Å². The van der Waals surface area contributed by atoms with Crippen LogP contribution in [0.15, 0.2) is 48.7 Å². The number of H-pyrrole nitrogens is 1. The van der Waals surface area contributed by atoms with E-state index in [0.717, 1.165) is 28.6 Å². The topological polar surface area (TPSA) is 118 Å². The number of non-ortho nitro benzene ring substituents is 1. The van der Waals surface area contributed by atoms with Crippen molar-refractivity contribution in [2.24, 2.45) is 5.73 Å². The zero-order chi connectivity index (χ0) is 23.4. The highest BCUT2D eigenvalue weighted by atomic mass is 35.5. The van der Waals surface area contributed by atoms with Gasteiger partial charge < -0.3 is 25.3 Å². The lowest BCUT2D eigenvalue weighted by Gasteiger charge is -2.37. The molecule has 0 saturated carbocycles. The first-order valence-electron chi connectivity index (χ1n) is 11.2. The summed E-state index contributed by atoms with van der Waals surface area (Å²) in [5, 5.41) is 11.9. The number of hydrogen-bond acceptors (Lipinski definition) is 6. The monoisotopic (exact) mass is 487 g/mol. The van der Waals surface area contributed by atoms with E-state index in [9.17, 15) is 14.9 Å². The van der Waals surface area contributed by atoms with Gasteiger partial charge in [-0.3, -0.25) is 14.9 Å². The fraction of sp³-hybridized carbons (Fsp3) is 0.375. The van der Waals surface area contributed by atoms with E-state index in [2.05, 4.69) is 9.88 Å². The highest BCUT2D eigenvalue weighted by Gasteiger charge is 2.28. The van der Waals surface area contributed by atoms with Gasteiger partial charge in [0.05, 0.1) is 4.92 Å². The Morgan fingerprint density at radius 2 is 1.88 bits per heavy atom. The van der Waals surface area contributed by atoms with Gasteiger partial charge in [0, 0.05) is 61.1 Å². The zero-order valence-electron chi connectivity index (χ0n) is 19.1. The highest BCUT2D eigenvalue weighted by Crippen LogP contribution is 2.26. The first kappa shape index (κ1) is 25.3. The number of rotatable bonds is 8. The Bertz CT molecular complexity index is 1130. The van der Waals surface area contributed by atoms with Crippen molar-refractivity contribution >= 4 is 40.6 Å². The largest absolute Gasteiger partial charge is 0.481 e. The molecule has 2 heterocycles. The van der Waals surface area contributed by atoms with Crippen LogP contribution >= 0.6 is 12.4 Å². The second-order valence-corrected chi connectivity index (χ2v) is 8.16. The molecule has 34 heavy (non-hydrogen) atoms. The number of nitrogens with one attached hydrogen (secondary N) is 1. The van der Waals surface area contributed by atoms with Gasteiger partial charge in [-0.25, -0.2) is 0 Å². The van der Waals surface area contributed by atoms with Gasteiger partial charge >= 0.3 is 0 Å². The number of anilines is 1. The summed E-state index contributed by atoms with van der Waals surface area (Å²) in [6.45, 7) is 5.00. The number of nitrogens with zero attached hydrogens (tertiary/aromatic N) is 3.